The summed E-state index contributed by atoms with van der Waals surface area (Å²) in [5, 5.41) is 5.58. The molecular formula is C20H18N4O2S. The molecule has 0 atom stereocenters. The van der Waals surface area contributed by atoms with Gasteiger partial charge in [-0.15, -0.1) is 11.3 Å². The number of ether oxygens (including phenoxy) is 1. The molecule has 0 saturated heterocycles. The zero-order chi connectivity index (χ0) is 18.6. The van der Waals surface area contributed by atoms with Crippen LogP contribution in [-0.2, 0) is 11.2 Å². The van der Waals surface area contributed by atoms with Gasteiger partial charge in [0.2, 0.25) is 11.9 Å². The molecule has 6 nitrogen and oxygen atoms in total. The summed E-state index contributed by atoms with van der Waals surface area (Å²) in [7, 11) is 0. The third-order valence-corrected chi connectivity index (χ3v) is 4.89. The molecular weight excluding hydrogens is 360 g/mol. The van der Waals surface area contributed by atoms with Gasteiger partial charge >= 0.3 is 0 Å². The fourth-order valence-electron chi connectivity index (χ4n) is 2.73. The van der Waals surface area contributed by atoms with Crippen molar-refractivity contribution in [3.8, 4) is 16.3 Å². The van der Waals surface area contributed by atoms with Gasteiger partial charge in [0, 0.05) is 10.9 Å². The summed E-state index contributed by atoms with van der Waals surface area (Å²) in [6.07, 6.45) is 0.199. The summed E-state index contributed by atoms with van der Waals surface area (Å²) in [6.45, 7) is 2.60. The lowest BCUT2D eigenvalue weighted by molar-refractivity contribution is -0.115. The molecule has 2 aromatic carbocycles. The van der Waals surface area contributed by atoms with Gasteiger partial charge in [0.15, 0.2) is 0 Å². The number of aromatic amines is 1. The number of thiazole rings is 1. The second-order valence-electron chi connectivity index (χ2n) is 5.93. The van der Waals surface area contributed by atoms with E-state index in [2.05, 4.69) is 20.3 Å². The average Bonchev–Trinajstić information content (AvgIpc) is 3.29. The summed E-state index contributed by atoms with van der Waals surface area (Å²) in [5.41, 5.74) is 3.45. The second-order valence-corrected chi connectivity index (χ2v) is 6.79. The maximum atomic E-state index is 12.3. The van der Waals surface area contributed by atoms with Crippen LogP contribution in [0.1, 0.15) is 12.6 Å². The summed E-state index contributed by atoms with van der Waals surface area (Å²) < 4.78 is 5.45. The van der Waals surface area contributed by atoms with Crippen molar-refractivity contribution < 1.29 is 9.53 Å². The van der Waals surface area contributed by atoms with E-state index in [0.29, 0.717) is 12.6 Å². The largest absolute Gasteiger partial charge is 0.494 e. The molecule has 0 aliphatic heterocycles. The molecule has 0 aliphatic rings. The Balaban J connectivity index is 1.41. The zero-order valence-electron chi connectivity index (χ0n) is 14.7. The van der Waals surface area contributed by atoms with Crippen LogP contribution >= 0.6 is 11.3 Å². The van der Waals surface area contributed by atoms with Crippen LogP contribution in [-0.4, -0.2) is 27.5 Å². The Morgan fingerprint density at radius 2 is 1.96 bits per heavy atom. The number of amides is 1. The normalized spacial score (nSPS) is 10.9. The highest BCUT2D eigenvalue weighted by molar-refractivity contribution is 7.13. The minimum absolute atomic E-state index is 0.155. The molecule has 0 unspecified atom stereocenters. The Morgan fingerprint density at radius 3 is 2.74 bits per heavy atom. The fraction of sp³-hybridized carbons (Fsp3) is 0.150. The van der Waals surface area contributed by atoms with Crippen molar-refractivity contribution in [1.82, 2.24) is 15.0 Å². The van der Waals surface area contributed by atoms with Crippen LogP contribution in [0.2, 0.25) is 0 Å². The van der Waals surface area contributed by atoms with E-state index in [9.17, 15) is 4.79 Å². The molecule has 4 aromatic rings. The van der Waals surface area contributed by atoms with Crippen molar-refractivity contribution >= 4 is 34.2 Å². The summed E-state index contributed by atoms with van der Waals surface area (Å²) in [4.78, 5) is 24.3. The van der Waals surface area contributed by atoms with Gasteiger partial charge in [-0.25, -0.2) is 9.97 Å². The molecule has 2 heterocycles. The molecule has 0 bridgehead atoms. The van der Waals surface area contributed by atoms with Crippen LogP contribution in [0.3, 0.4) is 0 Å². The first-order valence-electron chi connectivity index (χ1n) is 8.63. The number of carbonyl (C=O) groups excluding carboxylic acids is 1. The van der Waals surface area contributed by atoms with Crippen LogP contribution in [0.4, 0.5) is 5.95 Å². The maximum absolute atomic E-state index is 12.3. The molecule has 2 N–H and O–H groups in total. The highest BCUT2D eigenvalue weighted by Gasteiger charge is 2.11. The number of anilines is 1. The number of nitrogens with one attached hydrogen (secondary N) is 2. The van der Waals surface area contributed by atoms with E-state index in [-0.39, 0.29) is 12.3 Å². The van der Waals surface area contributed by atoms with Gasteiger partial charge in [0.25, 0.3) is 0 Å². The predicted octanol–water partition coefficient (Wildman–Crippen LogP) is 4.27. The maximum Gasteiger partial charge on any atom is 0.232 e. The van der Waals surface area contributed by atoms with Gasteiger partial charge in [-0.05, 0) is 43.3 Å². The Morgan fingerprint density at radius 1 is 1.15 bits per heavy atom. The SMILES string of the molecule is CCOc1ccc(-c2nc(CC(=O)Nc3nc4ccccc4[nH]3)cs2)cc1. The standard InChI is InChI=1S/C20H18N4O2S/c1-2-26-15-9-7-13(8-10-15)19-21-14(12-27-19)11-18(25)24-20-22-16-5-3-4-6-17(16)23-20/h3-10,12H,2,11H2,1H3,(H2,22,23,24,25). The quantitative estimate of drug-likeness (QED) is 0.525. The first-order chi connectivity index (χ1) is 13.2. The van der Waals surface area contributed by atoms with Gasteiger partial charge in [-0.3, -0.25) is 10.1 Å². The van der Waals surface area contributed by atoms with E-state index in [1.54, 1.807) is 0 Å². The first-order valence-corrected chi connectivity index (χ1v) is 9.51. The molecule has 0 fully saturated rings. The summed E-state index contributed by atoms with van der Waals surface area (Å²) in [5.74, 6) is 1.13. The molecule has 2 aromatic heterocycles. The van der Waals surface area contributed by atoms with Crippen molar-refractivity contribution in [2.75, 3.05) is 11.9 Å². The molecule has 0 spiro atoms. The van der Waals surface area contributed by atoms with Crippen LogP contribution in [0.5, 0.6) is 5.75 Å². The predicted molar refractivity (Wildman–Crippen MR) is 107 cm³/mol. The molecule has 1 amide bonds. The van der Waals surface area contributed by atoms with Crippen LogP contribution in [0.15, 0.2) is 53.9 Å². The van der Waals surface area contributed by atoms with Crippen LogP contribution in [0.25, 0.3) is 21.6 Å². The van der Waals surface area contributed by atoms with Crippen molar-refractivity contribution in [3.05, 3.63) is 59.6 Å². The number of hydrogen-bond donors (Lipinski definition) is 2. The van der Waals surface area contributed by atoms with E-state index in [1.165, 1.54) is 11.3 Å². The number of fused-ring (bicyclic) bond motifs is 1. The fourth-order valence-corrected chi connectivity index (χ4v) is 3.56. The van der Waals surface area contributed by atoms with Crippen LogP contribution < -0.4 is 10.1 Å². The third-order valence-electron chi connectivity index (χ3n) is 3.95. The first kappa shape index (κ1) is 17.2. The van der Waals surface area contributed by atoms with Crippen molar-refractivity contribution in [2.45, 2.75) is 13.3 Å². The Hall–Kier alpha value is -3.19. The zero-order valence-corrected chi connectivity index (χ0v) is 15.5. The lowest BCUT2D eigenvalue weighted by Crippen LogP contribution is -2.15. The number of aromatic nitrogens is 3. The molecule has 0 aliphatic carbocycles. The lowest BCUT2D eigenvalue weighted by atomic mass is 10.2. The number of hydrogen-bond acceptors (Lipinski definition) is 5. The molecule has 27 heavy (non-hydrogen) atoms. The average molecular weight is 378 g/mol. The monoisotopic (exact) mass is 378 g/mol. The molecule has 136 valence electrons. The Kier molecular flexibility index (Phi) is 4.84. The van der Waals surface area contributed by atoms with Gasteiger partial charge in [0.1, 0.15) is 10.8 Å². The van der Waals surface area contributed by atoms with Crippen molar-refractivity contribution in [1.29, 1.82) is 0 Å². The van der Waals surface area contributed by atoms with Gasteiger partial charge < -0.3 is 9.72 Å². The number of carbonyl (C=O) groups is 1. The van der Waals surface area contributed by atoms with E-state index < -0.39 is 0 Å². The molecule has 7 heteroatoms. The topological polar surface area (TPSA) is 79.9 Å². The third kappa shape index (κ3) is 3.98. The van der Waals surface area contributed by atoms with E-state index in [0.717, 1.165) is 33.0 Å². The van der Waals surface area contributed by atoms with Crippen LogP contribution in [0, 0.1) is 0 Å². The highest BCUT2D eigenvalue weighted by atomic mass is 32.1. The second kappa shape index (κ2) is 7.59. The van der Waals surface area contributed by atoms with Crippen molar-refractivity contribution in [3.63, 3.8) is 0 Å². The summed E-state index contributed by atoms with van der Waals surface area (Å²) in [6, 6.07) is 15.4. The number of H-pyrrole nitrogens is 1. The molecule has 0 saturated carbocycles. The number of rotatable bonds is 6. The molecule has 4 rings (SSSR count). The molecule has 0 radical (unpaired) electrons. The smallest absolute Gasteiger partial charge is 0.232 e. The number of imidazole rings is 1. The van der Waals surface area contributed by atoms with E-state index in [4.69, 9.17) is 4.74 Å². The lowest BCUT2D eigenvalue weighted by Gasteiger charge is -2.03. The Labute approximate surface area is 160 Å². The minimum atomic E-state index is -0.155. The van der Waals surface area contributed by atoms with E-state index in [1.807, 2.05) is 60.8 Å². The minimum Gasteiger partial charge on any atom is -0.494 e. The summed E-state index contributed by atoms with van der Waals surface area (Å²) >= 11 is 1.52. The number of para-hydroxylation sites is 2. The van der Waals surface area contributed by atoms with Crippen molar-refractivity contribution in [2.24, 2.45) is 0 Å². The number of benzene rings is 2. The Bertz CT molecular complexity index is 1040. The highest BCUT2D eigenvalue weighted by Crippen LogP contribution is 2.26. The van der Waals surface area contributed by atoms with Gasteiger partial charge in [-0.2, -0.15) is 0 Å². The van der Waals surface area contributed by atoms with E-state index >= 15 is 0 Å². The number of nitrogens with zero attached hydrogens (tertiary/aromatic N) is 2. The van der Waals surface area contributed by atoms with Gasteiger partial charge in [-0.1, -0.05) is 12.1 Å². The van der Waals surface area contributed by atoms with Gasteiger partial charge in [0.05, 0.1) is 29.8 Å².